The second-order valence-corrected chi connectivity index (χ2v) is 8.66. The van der Waals surface area contributed by atoms with Gasteiger partial charge in [-0.2, -0.15) is 0 Å². The van der Waals surface area contributed by atoms with Gasteiger partial charge in [-0.15, -0.1) is 0 Å². The van der Waals surface area contributed by atoms with Crippen molar-refractivity contribution in [2.45, 2.75) is 30.2 Å². The lowest BCUT2D eigenvalue weighted by atomic mass is 10.0. The summed E-state index contributed by atoms with van der Waals surface area (Å²) in [6.07, 6.45) is 3.54. The molecule has 1 saturated heterocycles. The number of benzene rings is 2. The van der Waals surface area contributed by atoms with Crippen molar-refractivity contribution in [1.29, 1.82) is 0 Å². The minimum absolute atomic E-state index is 0.0234. The van der Waals surface area contributed by atoms with Gasteiger partial charge in [-0.05, 0) is 43.6 Å². The number of rotatable bonds is 6. The molecule has 2 aliphatic heterocycles. The number of nitrogens with one attached hydrogen (secondary N) is 1. The summed E-state index contributed by atoms with van der Waals surface area (Å²) in [6.45, 7) is 2.44. The fourth-order valence-corrected chi connectivity index (χ4v) is 4.73. The van der Waals surface area contributed by atoms with E-state index >= 15 is 0 Å². The van der Waals surface area contributed by atoms with Crippen LogP contribution in [0.2, 0.25) is 0 Å². The monoisotopic (exact) mass is 388 g/mol. The van der Waals surface area contributed by atoms with Crippen LogP contribution in [0.15, 0.2) is 53.4 Å². The highest BCUT2D eigenvalue weighted by Crippen LogP contribution is 2.34. The van der Waals surface area contributed by atoms with Gasteiger partial charge in [-0.1, -0.05) is 36.8 Å². The minimum atomic E-state index is -3.64. The van der Waals surface area contributed by atoms with Crippen molar-refractivity contribution in [2.24, 2.45) is 0 Å². The predicted molar refractivity (Wildman–Crippen MR) is 102 cm³/mol. The Morgan fingerprint density at radius 3 is 2.48 bits per heavy atom. The normalized spacial score (nSPS) is 18.4. The van der Waals surface area contributed by atoms with Gasteiger partial charge in [0.15, 0.2) is 11.5 Å². The minimum Gasteiger partial charge on any atom is -0.454 e. The van der Waals surface area contributed by atoms with Gasteiger partial charge in [0.05, 0.1) is 4.90 Å². The SMILES string of the molecule is O=S(=O)(NCC(c1ccccc1)N1CCCCC1)c1ccc2c(c1)OCO2. The molecule has 0 saturated carbocycles. The van der Waals surface area contributed by atoms with E-state index in [0.717, 1.165) is 31.5 Å². The quantitative estimate of drug-likeness (QED) is 0.824. The van der Waals surface area contributed by atoms with Crippen LogP contribution in [0.25, 0.3) is 0 Å². The second-order valence-electron chi connectivity index (χ2n) is 6.89. The van der Waals surface area contributed by atoms with Gasteiger partial charge in [-0.3, -0.25) is 4.90 Å². The number of fused-ring (bicyclic) bond motifs is 1. The summed E-state index contributed by atoms with van der Waals surface area (Å²) in [4.78, 5) is 2.57. The molecule has 0 bridgehead atoms. The van der Waals surface area contributed by atoms with Gasteiger partial charge >= 0.3 is 0 Å². The number of ether oxygens (including phenoxy) is 2. The number of hydrogen-bond donors (Lipinski definition) is 1. The zero-order valence-corrected chi connectivity index (χ0v) is 16.0. The van der Waals surface area contributed by atoms with Gasteiger partial charge in [0.2, 0.25) is 16.8 Å². The lowest BCUT2D eigenvalue weighted by Crippen LogP contribution is -2.40. The van der Waals surface area contributed by atoms with Crippen LogP contribution in [0, 0.1) is 0 Å². The molecule has 2 aliphatic rings. The van der Waals surface area contributed by atoms with E-state index in [0.29, 0.717) is 18.0 Å². The average Bonchev–Trinajstić information content (AvgIpc) is 3.18. The Hall–Kier alpha value is -2.09. The van der Waals surface area contributed by atoms with Gasteiger partial charge in [0, 0.05) is 18.7 Å². The van der Waals surface area contributed by atoms with Crippen molar-refractivity contribution in [3.63, 3.8) is 0 Å². The first kappa shape index (κ1) is 18.3. The predicted octanol–water partition coefficient (Wildman–Crippen LogP) is 2.92. The number of hydrogen-bond acceptors (Lipinski definition) is 5. The standard InChI is InChI=1S/C20H24N2O4S/c23-27(24,17-9-10-19-20(13-17)26-15-25-19)21-14-18(16-7-3-1-4-8-16)22-11-5-2-6-12-22/h1,3-4,7-10,13,18,21H,2,5-6,11-12,14-15H2. The maximum atomic E-state index is 12.8. The van der Waals surface area contributed by atoms with E-state index in [4.69, 9.17) is 9.47 Å². The van der Waals surface area contributed by atoms with E-state index in [9.17, 15) is 8.42 Å². The maximum absolute atomic E-state index is 12.8. The molecule has 2 heterocycles. The Morgan fingerprint density at radius 1 is 0.963 bits per heavy atom. The molecule has 0 aromatic heterocycles. The third-order valence-corrected chi connectivity index (χ3v) is 6.56. The molecule has 4 rings (SSSR count). The number of likely N-dealkylation sites (tertiary alicyclic amines) is 1. The fraction of sp³-hybridized carbons (Fsp3) is 0.400. The summed E-state index contributed by atoms with van der Waals surface area (Å²) in [6, 6.07) is 14.8. The number of piperidine rings is 1. The average molecular weight is 388 g/mol. The van der Waals surface area contributed by atoms with Crippen LogP contribution in [0.3, 0.4) is 0 Å². The summed E-state index contributed by atoms with van der Waals surface area (Å²) < 4.78 is 39.0. The maximum Gasteiger partial charge on any atom is 0.240 e. The van der Waals surface area contributed by atoms with Gasteiger partial charge in [-0.25, -0.2) is 13.1 Å². The molecule has 2 aromatic carbocycles. The van der Waals surface area contributed by atoms with Crippen molar-refractivity contribution in [3.05, 3.63) is 54.1 Å². The lowest BCUT2D eigenvalue weighted by molar-refractivity contribution is 0.164. The highest BCUT2D eigenvalue weighted by Gasteiger charge is 2.26. The Labute approximate surface area is 160 Å². The summed E-state index contributed by atoms with van der Waals surface area (Å²) >= 11 is 0. The summed E-state index contributed by atoms with van der Waals surface area (Å²) in [5, 5.41) is 0. The highest BCUT2D eigenvalue weighted by atomic mass is 32.2. The molecule has 6 nitrogen and oxygen atoms in total. The van der Waals surface area contributed by atoms with Crippen LogP contribution >= 0.6 is 0 Å². The zero-order chi connectivity index (χ0) is 18.7. The second kappa shape index (κ2) is 7.88. The molecule has 2 aromatic rings. The molecule has 1 unspecified atom stereocenters. The largest absolute Gasteiger partial charge is 0.454 e. The molecule has 1 atom stereocenters. The third kappa shape index (κ3) is 4.10. The van der Waals surface area contributed by atoms with E-state index in [1.165, 1.54) is 12.5 Å². The van der Waals surface area contributed by atoms with Crippen molar-refractivity contribution in [1.82, 2.24) is 9.62 Å². The van der Waals surface area contributed by atoms with Crippen LogP contribution in [0.4, 0.5) is 0 Å². The Kier molecular flexibility index (Phi) is 5.33. The summed E-state index contributed by atoms with van der Waals surface area (Å²) in [5.74, 6) is 1.04. The topological polar surface area (TPSA) is 67.9 Å². The first-order chi connectivity index (χ1) is 13.1. The molecule has 0 amide bonds. The van der Waals surface area contributed by atoms with Crippen molar-refractivity contribution >= 4 is 10.0 Å². The number of sulfonamides is 1. The highest BCUT2D eigenvalue weighted by molar-refractivity contribution is 7.89. The smallest absolute Gasteiger partial charge is 0.240 e. The van der Waals surface area contributed by atoms with E-state index in [1.807, 2.05) is 18.2 Å². The molecular weight excluding hydrogens is 364 g/mol. The third-order valence-electron chi connectivity index (χ3n) is 5.14. The molecule has 0 spiro atoms. The Morgan fingerprint density at radius 2 is 1.70 bits per heavy atom. The molecule has 144 valence electrons. The van der Waals surface area contributed by atoms with E-state index in [-0.39, 0.29) is 17.7 Å². The lowest BCUT2D eigenvalue weighted by Gasteiger charge is -2.35. The van der Waals surface area contributed by atoms with Crippen molar-refractivity contribution in [3.8, 4) is 11.5 Å². The van der Waals surface area contributed by atoms with E-state index < -0.39 is 10.0 Å². The van der Waals surface area contributed by atoms with Crippen LogP contribution in [0.5, 0.6) is 11.5 Å². The fourth-order valence-electron chi connectivity index (χ4n) is 3.68. The van der Waals surface area contributed by atoms with Crippen LogP contribution in [0.1, 0.15) is 30.9 Å². The van der Waals surface area contributed by atoms with Crippen molar-refractivity contribution in [2.75, 3.05) is 26.4 Å². The van der Waals surface area contributed by atoms with Crippen LogP contribution in [-0.2, 0) is 10.0 Å². The van der Waals surface area contributed by atoms with Crippen LogP contribution < -0.4 is 14.2 Å². The molecule has 0 radical (unpaired) electrons. The van der Waals surface area contributed by atoms with Gasteiger partial charge in [0.1, 0.15) is 0 Å². The van der Waals surface area contributed by atoms with E-state index in [2.05, 4.69) is 21.8 Å². The summed E-state index contributed by atoms with van der Waals surface area (Å²) in [5.41, 5.74) is 1.13. The zero-order valence-electron chi connectivity index (χ0n) is 15.1. The molecular formula is C20H24N2O4S. The summed E-state index contributed by atoms with van der Waals surface area (Å²) in [7, 11) is -3.64. The molecule has 1 N–H and O–H groups in total. The molecule has 1 fully saturated rings. The van der Waals surface area contributed by atoms with E-state index in [1.54, 1.807) is 12.1 Å². The van der Waals surface area contributed by atoms with Crippen molar-refractivity contribution < 1.29 is 17.9 Å². The first-order valence-corrected chi connectivity index (χ1v) is 10.8. The molecule has 0 aliphatic carbocycles. The Balaban J connectivity index is 1.52. The number of nitrogens with zero attached hydrogens (tertiary/aromatic N) is 1. The molecule has 7 heteroatoms. The van der Waals surface area contributed by atoms with Gasteiger partial charge in [0.25, 0.3) is 0 Å². The van der Waals surface area contributed by atoms with Gasteiger partial charge < -0.3 is 9.47 Å². The Bertz CT molecular complexity index is 880. The van der Waals surface area contributed by atoms with Crippen LogP contribution in [-0.4, -0.2) is 39.7 Å². The first-order valence-electron chi connectivity index (χ1n) is 9.32. The molecule has 27 heavy (non-hydrogen) atoms.